The van der Waals surface area contributed by atoms with E-state index < -0.39 is 17.4 Å². The fraction of sp³-hybridized carbons (Fsp3) is 0.375. The Hall–Kier alpha value is -2.30. The lowest BCUT2D eigenvalue weighted by Crippen LogP contribution is -2.52. The van der Waals surface area contributed by atoms with Gasteiger partial charge in [0.15, 0.2) is 11.6 Å². The molecule has 0 saturated carbocycles. The highest BCUT2D eigenvalue weighted by Crippen LogP contribution is 2.45. The molecule has 2 aliphatic carbocycles. The Balaban J connectivity index is 2.27. The van der Waals surface area contributed by atoms with E-state index in [-0.39, 0.29) is 35.1 Å². The van der Waals surface area contributed by atoms with Crippen LogP contribution < -0.4 is 0 Å². The number of rotatable bonds is 0. The lowest BCUT2D eigenvalue weighted by Gasteiger charge is -2.41. The molecule has 3 aliphatic rings. The van der Waals surface area contributed by atoms with Gasteiger partial charge in [0.2, 0.25) is 11.4 Å². The minimum absolute atomic E-state index is 0.0638. The maximum absolute atomic E-state index is 12.5. The number of carbonyl (C=O) groups is 4. The van der Waals surface area contributed by atoms with Crippen LogP contribution in [-0.2, 0) is 23.9 Å². The molecule has 0 N–H and O–H groups in total. The predicted molar refractivity (Wildman–Crippen MR) is 72.2 cm³/mol. The van der Waals surface area contributed by atoms with Crippen molar-refractivity contribution in [2.45, 2.75) is 32.3 Å². The van der Waals surface area contributed by atoms with E-state index in [1.54, 1.807) is 0 Å². The molecular weight excluding hydrogens is 272 g/mol. The predicted octanol–water partition coefficient (Wildman–Crippen LogP) is 1.23. The lowest BCUT2D eigenvalue weighted by atomic mass is 9.66. The normalized spacial score (nSPS) is 32.3. The van der Waals surface area contributed by atoms with E-state index in [1.165, 1.54) is 13.0 Å². The molecule has 0 amide bonds. The quantitative estimate of drug-likeness (QED) is 0.494. The van der Waals surface area contributed by atoms with Crippen LogP contribution in [0.25, 0.3) is 0 Å². The van der Waals surface area contributed by atoms with Crippen LogP contribution >= 0.6 is 0 Å². The van der Waals surface area contributed by atoms with Crippen LogP contribution in [0.4, 0.5) is 0 Å². The van der Waals surface area contributed by atoms with Crippen LogP contribution in [0.5, 0.6) is 0 Å². The fourth-order valence-electron chi connectivity index (χ4n) is 3.24. The van der Waals surface area contributed by atoms with Crippen LogP contribution in [0.3, 0.4) is 0 Å². The Morgan fingerprint density at radius 2 is 1.90 bits per heavy atom. The van der Waals surface area contributed by atoms with E-state index in [0.29, 0.717) is 12.0 Å². The van der Waals surface area contributed by atoms with Crippen LogP contribution in [0.1, 0.15) is 26.7 Å². The summed E-state index contributed by atoms with van der Waals surface area (Å²) >= 11 is 0. The number of esters is 1. The van der Waals surface area contributed by atoms with E-state index in [1.807, 2.05) is 6.92 Å². The minimum Gasteiger partial charge on any atom is -0.442 e. The first kappa shape index (κ1) is 13.7. The van der Waals surface area contributed by atoms with Crippen LogP contribution in [-0.4, -0.2) is 28.9 Å². The second-order valence-electron chi connectivity index (χ2n) is 5.69. The van der Waals surface area contributed by atoms with Crippen molar-refractivity contribution in [3.8, 4) is 0 Å². The zero-order valence-electron chi connectivity index (χ0n) is 11.8. The molecule has 3 rings (SSSR count). The van der Waals surface area contributed by atoms with E-state index >= 15 is 0 Å². The van der Waals surface area contributed by atoms with Crippen LogP contribution in [0.15, 0.2) is 34.9 Å². The van der Waals surface area contributed by atoms with Gasteiger partial charge in [0, 0.05) is 17.2 Å². The van der Waals surface area contributed by atoms with Crippen molar-refractivity contribution in [3.05, 3.63) is 34.9 Å². The van der Waals surface area contributed by atoms with Gasteiger partial charge in [-0.2, -0.15) is 0 Å². The van der Waals surface area contributed by atoms with Crippen molar-refractivity contribution < 1.29 is 23.9 Å². The summed E-state index contributed by atoms with van der Waals surface area (Å²) in [6, 6.07) is 0. The molecule has 2 atom stereocenters. The minimum atomic E-state index is -1.62. The zero-order valence-corrected chi connectivity index (χ0v) is 11.8. The van der Waals surface area contributed by atoms with Gasteiger partial charge in [-0.05, 0) is 37.8 Å². The van der Waals surface area contributed by atoms with E-state index in [2.05, 4.69) is 0 Å². The van der Waals surface area contributed by atoms with Crippen LogP contribution in [0.2, 0.25) is 0 Å². The molecule has 0 unspecified atom stereocenters. The molecule has 5 heteroatoms. The molecule has 1 aliphatic heterocycles. The van der Waals surface area contributed by atoms with Gasteiger partial charge >= 0.3 is 5.97 Å². The molecule has 1 heterocycles. The molecule has 21 heavy (non-hydrogen) atoms. The maximum Gasteiger partial charge on any atom is 0.332 e. The molecule has 0 aromatic carbocycles. The molecule has 0 radical (unpaired) electrons. The molecule has 0 bridgehead atoms. The third-order valence-electron chi connectivity index (χ3n) is 4.34. The largest absolute Gasteiger partial charge is 0.442 e. The molecule has 0 saturated heterocycles. The summed E-state index contributed by atoms with van der Waals surface area (Å²) in [4.78, 5) is 48.8. The molecule has 0 aromatic heterocycles. The van der Waals surface area contributed by atoms with Gasteiger partial charge < -0.3 is 4.74 Å². The topological polar surface area (TPSA) is 77.5 Å². The molecular formula is C16H14O5. The summed E-state index contributed by atoms with van der Waals surface area (Å²) < 4.78 is 5.28. The molecule has 0 fully saturated rings. The number of fused-ring (bicyclic) bond motifs is 1. The number of ketones is 3. The molecule has 108 valence electrons. The van der Waals surface area contributed by atoms with Gasteiger partial charge in [0.25, 0.3) is 0 Å². The van der Waals surface area contributed by atoms with Gasteiger partial charge in [-0.15, -0.1) is 0 Å². The van der Waals surface area contributed by atoms with Gasteiger partial charge in [-0.1, -0.05) is 6.92 Å². The monoisotopic (exact) mass is 286 g/mol. The summed E-state index contributed by atoms with van der Waals surface area (Å²) in [7, 11) is 0. The van der Waals surface area contributed by atoms with E-state index in [4.69, 9.17) is 4.74 Å². The molecule has 1 spiro atoms. The second-order valence-corrected chi connectivity index (χ2v) is 5.69. The number of allylic oxidation sites excluding steroid dienone is 3. The van der Waals surface area contributed by atoms with Crippen molar-refractivity contribution >= 4 is 23.3 Å². The second kappa shape index (κ2) is 4.35. The first-order valence-corrected chi connectivity index (χ1v) is 6.84. The Morgan fingerprint density at radius 3 is 2.62 bits per heavy atom. The standard InChI is InChI=1S/C16H14O5/c1-8-5-6-16(11(18)3-4-12(19)21-16)14-13(8)10(17)7-9(2)15(14)20/h3-4,7-8H,5-6H2,1-2H3/t8-,16+/m0/s1. The highest BCUT2D eigenvalue weighted by Gasteiger charge is 2.54. The first-order chi connectivity index (χ1) is 9.86. The zero-order chi connectivity index (χ0) is 15.4. The fourth-order valence-corrected chi connectivity index (χ4v) is 3.24. The number of hydrogen-bond acceptors (Lipinski definition) is 5. The van der Waals surface area contributed by atoms with Crippen molar-refractivity contribution in [2.24, 2.45) is 5.92 Å². The van der Waals surface area contributed by atoms with Gasteiger partial charge in [-0.25, -0.2) is 4.79 Å². The Labute approximate surface area is 121 Å². The van der Waals surface area contributed by atoms with E-state index in [0.717, 1.165) is 12.2 Å². The van der Waals surface area contributed by atoms with Gasteiger partial charge in [0.05, 0.1) is 5.57 Å². The SMILES string of the molecule is CC1=CC(=O)C2=C(C1=O)[C@]1(CC[C@@H]2C)OC(=O)C=CC1=O. The van der Waals surface area contributed by atoms with Crippen molar-refractivity contribution in [3.63, 3.8) is 0 Å². The Kier molecular flexibility index (Phi) is 2.83. The highest BCUT2D eigenvalue weighted by atomic mass is 16.6. The number of hydrogen-bond donors (Lipinski definition) is 0. The summed E-state index contributed by atoms with van der Waals surface area (Å²) in [6.07, 6.45) is 4.22. The Morgan fingerprint density at radius 1 is 1.19 bits per heavy atom. The summed E-state index contributed by atoms with van der Waals surface area (Å²) in [5, 5.41) is 0. The average Bonchev–Trinajstić information content (AvgIpc) is 2.43. The van der Waals surface area contributed by atoms with Gasteiger partial charge in [-0.3, -0.25) is 14.4 Å². The number of carbonyl (C=O) groups excluding carboxylic acids is 4. The average molecular weight is 286 g/mol. The third kappa shape index (κ3) is 1.77. The highest BCUT2D eigenvalue weighted by molar-refractivity contribution is 6.27. The summed E-state index contributed by atoms with van der Waals surface area (Å²) in [5.74, 6) is -1.90. The van der Waals surface area contributed by atoms with Crippen molar-refractivity contribution in [2.75, 3.05) is 0 Å². The molecule has 5 nitrogen and oxygen atoms in total. The van der Waals surface area contributed by atoms with Crippen molar-refractivity contribution in [1.82, 2.24) is 0 Å². The van der Waals surface area contributed by atoms with E-state index in [9.17, 15) is 19.2 Å². The lowest BCUT2D eigenvalue weighted by molar-refractivity contribution is -0.161. The Bertz CT molecular complexity index is 691. The molecule has 0 aromatic rings. The number of ether oxygens (including phenoxy) is 1. The first-order valence-electron chi connectivity index (χ1n) is 6.84. The van der Waals surface area contributed by atoms with Crippen molar-refractivity contribution in [1.29, 1.82) is 0 Å². The summed E-state index contributed by atoms with van der Waals surface area (Å²) in [6.45, 7) is 3.37. The van der Waals surface area contributed by atoms with Crippen LogP contribution in [0, 0.1) is 5.92 Å². The number of Topliss-reactive ketones (excluding diaryl/α,β-unsaturated/α-hetero) is 1. The van der Waals surface area contributed by atoms with Gasteiger partial charge in [0.1, 0.15) is 0 Å². The third-order valence-corrected chi connectivity index (χ3v) is 4.34. The smallest absolute Gasteiger partial charge is 0.332 e. The summed E-state index contributed by atoms with van der Waals surface area (Å²) in [5.41, 5.74) is -0.969. The maximum atomic E-state index is 12.5.